The number of rotatable bonds is 1. The van der Waals surface area contributed by atoms with E-state index >= 15 is 0 Å². The van der Waals surface area contributed by atoms with Gasteiger partial charge in [0.1, 0.15) is 5.02 Å². The number of nitrogens with two attached hydrogens (primary N) is 1. The highest BCUT2D eigenvalue weighted by Crippen LogP contribution is 2.16. The molecule has 0 radical (unpaired) electrons. The van der Waals surface area contributed by atoms with Crippen LogP contribution in [0.25, 0.3) is 5.82 Å². The van der Waals surface area contributed by atoms with Crippen molar-refractivity contribution in [2.24, 2.45) is 0 Å². The average Bonchev–Trinajstić information content (AvgIpc) is 2.48. The first-order valence-corrected chi connectivity index (χ1v) is 4.11. The molecule has 0 saturated heterocycles. The summed E-state index contributed by atoms with van der Waals surface area (Å²) in [5.74, 6) is 0.294. The van der Waals surface area contributed by atoms with Crippen molar-refractivity contribution in [1.82, 2.24) is 19.7 Å². The largest absolute Gasteiger partial charge is 0.381 e. The fourth-order valence-electron chi connectivity index (χ4n) is 0.982. The van der Waals surface area contributed by atoms with Crippen molar-refractivity contribution in [2.45, 2.75) is 0 Å². The van der Waals surface area contributed by atoms with E-state index in [0.717, 1.165) is 0 Å². The van der Waals surface area contributed by atoms with Gasteiger partial charge < -0.3 is 10.7 Å². The Kier molecular flexibility index (Phi) is 1.97. The topological polar surface area (TPSA) is 89.6 Å². The number of H-pyrrole nitrogens is 1. The van der Waals surface area contributed by atoms with E-state index in [9.17, 15) is 4.79 Å². The second-order valence-corrected chi connectivity index (χ2v) is 2.96. The van der Waals surface area contributed by atoms with Gasteiger partial charge in [0.05, 0.1) is 6.20 Å². The van der Waals surface area contributed by atoms with Gasteiger partial charge in [-0.15, -0.1) is 5.10 Å². The molecule has 0 spiro atoms. The SMILES string of the molecule is Nc1nn(-c2ncc[nH]c2=O)cc1Cl. The molecule has 2 aromatic rings. The van der Waals surface area contributed by atoms with Gasteiger partial charge in [-0.2, -0.15) is 0 Å². The van der Waals surface area contributed by atoms with Gasteiger partial charge in [0, 0.05) is 12.4 Å². The van der Waals surface area contributed by atoms with E-state index in [1.54, 1.807) is 0 Å². The van der Waals surface area contributed by atoms with Gasteiger partial charge >= 0.3 is 0 Å². The molecule has 0 bridgehead atoms. The summed E-state index contributed by atoms with van der Waals surface area (Å²) in [5.41, 5.74) is 5.07. The summed E-state index contributed by atoms with van der Waals surface area (Å²) in [4.78, 5) is 17.6. The molecule has 2 heterocycles. The molecule has 2 rings (SSSR count). The highest BCUT2D eigenvalue weighted by Gasteiger charge is 2.07. The molecular weight excluding hydrogens is 206 g/mol. The molecule has 3 N–H and O–H groups in total. The van der Waals surface area contributed by atoms with E-state index in [1.807, 2.05) is 0 Å². The second kappa shape index (κ2) is 3.15. The summed E-state index contributed by atoms with van der Waals surface area (Å²) in [7, 11) is 0. The summed E-state index contributed by atoms with van der Waals surface area (Å²) in [6.45, 7) is 0. The molecule has 0 aliphatic carbocycles. The van der Waals surface area contributed by atoms with Crippen molar-refractivity contribution in [1.29, 1.82) is 0 Å². The van der Waals surface area contributed by atoms with Crippen LogP contribution in [0.5, 0.6) is 0 Å². The number of aromatic nitrogens is 4. The third-order valence-corrected chi connectivity index (χ3v) is 1.89. The van der Waals surface area contributed by atoms with Crippen LogP contribution in [0, 0.1) is 0 Å². The van der Waals surface area contributed by atoms with Crippen molar-refractivity contribution in [3.63, 3.8) is 0 Å². The Balaban J connectivity index is 2.61. The molecule has 2 aromatic heterocycles. The Morgan fingerprint density at radius 1 is 1.57 bits per heavy atom. The minimum absolute atomic E-state index is 0.131. The van der Waals surface area contributed by atoms with Crippen molar-refractivity contribution in [3.05, 3.63) is 34.0 Å². The molecule has 0 amide bonds. The maximum atomic E-state index is 11.3. The number of halogens is 1. The van der Waals surface area contributed by atoms with E-state index < -0.39 is 0 Å². The first-order chi connectivity index (χ1) is 6.68. The molecule has 72 valence electrons. The Bertz CT molecular complexity index is 497. The lowest BCUT2D eigenvalue weighted by Crippen LogP contribution is -2.16. The van der Waals surface area contributed by atoms with Crippen LogP contribution in [0.3, 0.4) is 0 Å². The highest BCUT2D eigenvalue weighted by molar-refractivity contribution is 6.32. The van der Waals surface area contributed by atoms with Gasteiger partial charge in [-0.3, -0.25) is 4.79 Å². The number of hydrogen-bond donors (Lipinski definition) is 2. The van der Waals surface area contributed by atoms with Crippen molar-refractivity contribution in [3.8, 4) is 5.82 Å². The van der Waals surface area contributed by atoms with E-state index in [1.165, 1.54) is 23.3 Å². The zero-order valence-corrected chi connectivity index (χ0v) is 7.69. The smallest absolute Gasteiger partial charge is 0.293 e. The van der Waals surface area contributed by atoms with Crippen molar-refractivity contribution < 1.29 is 0 Å². The summed E-state index contributed by atoms with van der Waals surface area (Å²) in [6.07, 6.45) is 4.30. The molecule has 0 aliphatic rings. The summed E-state index contributed by atoms with van der Waals surface area (Å²) in [5, 5.41) is 4.11. The molecule has 0 aromatic carbocycles. The summed E-state index contributed by atoms with van der Waals surface area (Å²) in [6, 6.07) is 0. The monoisotopic (exact) mass is 211 g/mol. The highest BCUT2D eigenvalue weighted by atomic mass is 35.5. The molecule has 14 heavy (non-hydrogen) atoms. The molecular formula is C7H6ClN5O. The summed E-state index contributed by atoms with van der Waals surface area (Å²) < 4.78 is 1.23. The van der Waals surface area contributed by atoms with Crippen LogP contribution < -0.4 is 11.3 Å². The number of nitrogens with one attached hydrogen (secondary N) is 1. The van der Waals surface area contributed by atoms with Crippen LogP contribution in [0.15, 0.2) is 23.4 Å². The Hall–Kier alpha value is -1.82. The first kappa shape index (κ1) is 8.76. The van der Waals surface area contributed by atoms with Crippen molar-refractivity contribution in [2.75, 3.05) is 5.73 Å². The van der Waals surface area contributed by atoms with E-state index in [-0.39, 0.29) is 22.2 Å². The fraction of sp³-hybridized carbons (Fsp3) is 0. The zero-order valence-electron chi connectivity index (χ0n) is 6.94. The maximum Gasteiger partial charge on any atom is 0.293 e. The van der Waals surface area contributed by atoms with Gasteiger partial charge in [-0.05, 0) is 0 Å². The summed E-state index contributed by atoms with van der Waals surface area (Å²) >= 11 is 5.68. The van der Waals surface area contributed by atoms with Crippen LogP contribution in [-0.4, -0.2) is 19.7 Å². The van der Waals surface area contributed by atoms with E-state index in [4.69, 9.17) is 17.3 Å². The zero-order chi connectivity index (χ0) is 10.1. The van der Waals surface area contributed by atoms with Gasteiger partial charge in [0.25, 0.3) is 5.56 Å². The lowest BCUT2D eigenvalue weighted by Gasteiger charge is -1.95. The van der Waals surface area contributed by atoms with Gasteiger partial charge in [-0.25, -0.2) is 9.67 Å². The number of hydrogen-bond acceptors (Lipinski definition) is 4. The molecule has 0 fully saturated rings. The number of nitrogen functional groups attached to an aromatic ring is 1. The average molecular weight is 212 g/mol. The second-order valence-electron chi connectivity index (χ2n) is 2.55. The van der Waals surface area contributed by atoms with Gasteiger partial charge in [0.15, 0.2) is 5.82 Å². The van der Waals surface area contributed by atoms with Crippen LogP contribution >= 0.6 is 11.6 Å². The van der Waals surface area contributed by atoms with Crippen molar-refractivity contribution >= 4 is 17.4 Å². The Labute approximate surface area is 83.3 Å². The predicted molar refractivity (Wildman–Crippen MR) is 51.4 cm³/mol. The lowest BCUT2D eigenvalue weighted by molar-refractivity contribution is 0.829. The van der Waals surface area contributed by atoms with E-state index in [0.29, 0.717) is 0 Å². The maximum absolute atomic E-state index is 11.3. The normalized spacial score (nSPS) is 10.4. The predicted octanol–water partition coefficient (Wildman–Crippen LogP) is 0.191. The fourth-order valence-corrected chi connectivity index (χ4v) is 1.11. The van der Waals surface area contributed by atoms with Crippen LogP contribution in [-0.2, 0) is 0 Å². The quantitative estimate of drug-likeness (QED) is 0.705. The molecule has 0 atom stereocenters. The number of nitrogens with zero attached hydrogens (tertiary/aromatic N) is 3. The third kappa shape index (κ3) is 1.35. The molecule has 0 saturated carbocycles. The first-order valence-electron chi connectivity index (χ1n) is 3.73. The van der Waals surface area contributed by atoms with Crippen LogP contribution in [0.2, 0.25) is 5.02 Å². The molecule has 6 nitrogen and oxygen atoms in total. The molecule has 7 heteroatoms. The third-order valence-electron chi connectivity index (χ3n) is 1.60. The number of anilines is 1. The lowest BCUT2D eigenvalue weighted by atomic mass is 10.6. The molecule has 0 aliphatic heterocycles. The number of aromatic amines is 1. The van der Waals surface area contributed by atoms with E-state index in [2.05, 4.69) is 15.1 Å². The Morgan fingerprint density at radius 3 is 2.93 bits per heavy atom. The minimum atomic E-state index is -0.355. The Morgan fingerprint density at radius 2 is 2.36 bits per heavy atom. The van der Waals surface area contributed by atoms with Gasteiger partial charge in [-0.1, -0.05) is 11.6 Å². The molecule has 0 unspecified atom stereocenters. The van der Waals surface area contributed by atoms with Crippen LogP contribution in [0.1, 0.15) is 0 Å². The minimum Gasteiger partial charge on any atom is -0.381 e. The van der Waals surface area contributed by atoms with Crippen LogP contribution in [0.4, 0.5) is 5.82 Å². The standard InChI is InChI=1S/C7H6ClN5O/c8-4-3-13(12-5(4)9)6-7(14)11-2-1-10-6/h1-3H,(H2,9,12)(H,11,14). The van der Waals surface area contributed by atoms with Gasteiger partial charge in [0.2, 0.25) is 5.82 Å².